The van der Waals surface area contributed by atoms with Crippen molar-refractivity contribution in [2.75, 3.05) is 13.1 Å². The van der Waals surface area contributed by atoms with E-state index in [1.54, 1.807) is 16.2 Å². The summed E-state index contributed by atoms with van der Waals surface area (Å²) in [5.41, 5.74) is 6.35. The van der Waals surface area contributed by atoms with E-state index < -0.39 is 0 Å². The molecule has 0 aromatic carbocycles. The zero-order valence-corrected chi connectivity index (χ0v) is 12.9. The number of carbonyl (C=O) groups is 1. The smallest absolute Gasteiger partial charge is 0.273 e. The van der Waals surface area contributed by atoms with E-state index in [1.807, 2.05) is 5.38 Å². The number of thiazole rings is 1. The molecule has 1 saturated heterocycles. The Kier molecular flexibility index (Phi) is 7.14. The first-order chi connectivity index (χ1) is 7.58. The monoisotopic (exact) mass is 311 g/mol. The highest BCUT2D eigenvalue weighted by Crippen LogP contribution is 2.21. The molecule has 0 radical (unpaired) electrons. The van der Waals surface area contributed by atoms with Crippen LogP contribution in [0.1, 0.15) is 41.7 Å². The van der Waals surface area contributed by atoms with Gasteiger partial charge in [-0.1, -0.05) is 13.8 Å². The van der Waals surface area contributed by atoms with Crippen molar-refractivity contribution in [1.29, 1.82) is 0 Å². The van der Waals surface area contributed by atoms with Crippen molar-refractivity contribution >= 4 is 42.1 Å². The molecule has 1 aromatic heterocycles. The van der Waals surface area contributed by atoms with E-state index in [0.717, 1.165) is 18.0 Å². The van der Waals surface area contributed by atoms with Gasteiger partial charge in [0.05, 0.1) is 5.01 Å². The van der Waals surface area contributed by atoms with E-state index >= 15 is 0 Å². The minimum atomic E-state index is 0. The quantitative estimate of drug-likeness (QED) is 0.911. The van der Waals surface area contributed by atoms with Crippen LogP contribution in [0.2, 0.25) is 0 Å². The van der Waals surface area contributed by atoms with E-state index in [-0.39, 0.29) is 36.8 Å². The second-order valence-electron chi connectivity index (χ2n) is 4.53. The third kappa shape index (κ3) is 3.82. The third-order valence-corrected chi connectivity index (χ3v) is 3.89. The molecule has 4 nitrogen and oxygen atoms in total. The Hall–Kier alpha value is -0.360. The molecule has 1 aromatic rings. The Morgan fingerprint density at radius 2 is 2.22 bits per heavy atom. The van der Waals surface area contributed by atoms with Crippen LogP contribution in [-0.4, -0.2) is 34.9 Å². The molecule has 7 heteroatoms. The molecule has 1 amide bonds. The van der Waals surface area contributed by atoms with Crippen molar-refractivity contribution in [2.45, 2.75) is 32.2 Å². The predicted molar refractivity (Wildman–Crippen MR) is 79.2 cm³/mol. The number of carbonyl (C=O) groups excluding carboxylic acids is 1. The fourth-order valence-electron chi connectivity index (χ4n) is 1.78. The zero-order valence-electron chi connectivity index (χ0n) is 10.5. The summed E-state index contributed by atoms with van der Waals surface area (Å²) in [5, 5.41) is 2.87. The minimum Gasteiger partial charge on any atom is -0.336 e. The number of likely N-dealkylation sites (tertiary alicyclic amines) is 1. The molecule has 104 valence electrons. The van der Waals surface area contributed by atoms with Gasteiger partial charge in [0.25, 0.3) is 5.91 Å². The highest BCUT2D eigenvalue weighted by molar-refractivity contribution is 7.09. The second-order valence-corrected chi connectivity index (χ2v) is 5.42. The minimum absolute atomic E-state index is 0. The maximum atomic E-state index is 12.0. The van der Waals surface area contributed by atoms with Gasteiger partial charge in [0.15, 0.2) is 0 Å². The maximum absolute atomic E-state index is 12.0. The Morgan fingerprint density at radius 1 is 1.56 bits per heavy atom. The van der Waals surface area contributed by atoms with Crippen LogP contribution in [0.15, 0.2) is 5.38 Å². The molecule has 0 saturated carbocycles. The summed E-state index contributed by atoms with van der Waals surface area (Å²) < 4.78 is 0. The van der Waals surface area contributed by atoms with E-state index in [9.17, 15) is 4.79 Å². The van der Waals surface area contributed by atoms with Gasteiger partial charge in [0.1, 0.15) is 5.69 Å². The number of hydrogen-bond donors (Lipinski definition) is 1. The molecule has 1 aliphatic rings. The third-order valence-electron chi connectivity index (χ3n) is 2.75. The lowest BCUT2D eigenvalue weighted by atomic mass is 10.2. The van der Waals surface area contributed by atoms with Gasteiger partial charge in [-0.15, -0.1) is 36.2 Å². The topological polar surface area (TPSA) is 59.2 Å². The molecule has 1 fully saturated rings. The van der Waals surface area contributed by atoms with E-state index in [2.05, 4.69) is 18.8 Å². The fourth-order valence-corrected chi connectivity index (χ4v) is 2.59. The summed E-state index contributed by atoms with van der Waals surface area (Å²) in [7, 11) is 0. The van der Waals surface area contributed by atoms with E-state index in [1.165, 1.54) is 0 Å². The molecule has 0 spiro atoms. The molecule has 0 bridgehead atoms. The van der Waals surface area contributed by atoms with Crippen LogP contribution in [-0.2, 0) is 0 Å². The van der Waals surface area contributed by atoms with Gasteiger partial charge in [-0.05, 0) is 6.42 Å². The number of aromatic nitrogens is 1. The Balaban J connectivity index is 0.00000144. The van der Waals surface area contributed by atoms with Crippen LogP contribution in [0.3, 0.4) is 0 Å². The summed E-state index contributed by atoms with van der Waals surface area (Å²) >= 11 is 1.56. The van der Waals surface area contributed by atoms with Crippen LogP contribution >= 0.6 is 36.2 Å². The van der Waals surface area contributed by atoms with Crippen molar-refractivity contribution in [2.24, 2.45) is 5.73 Å². The molecule has 1 aliphatic heterocycles. The van der Waals surface area contributed by atoms with Crippen LogP contribution in [0, 0.1) is 0 Å². The number of halogens is 2. The lowest BCUT2D eigenvalue weighted by molar-refractivity contribution is 0.0785. The van der Waals surface area contributed by atoms with Crippen LogP contribution in [0.5, 0.6) is 0 Å². The first kappa shape index (κ1) is 17.6. The van der Waals surface area contributed by atoms with Crippen LogP contribution in [0.25, 0.3) is 0 Å². The average molecular weight is 312 g/mol. The first-order valence-corrected chi connectivity index (χ1v) is 6.46. The molecule has 2 heterocycles. The van der Waals surface area contributed by atoms with Gasteiger partial charge < -0.3 is 10.6 Å². The highest BCUT2D eigenvalue weighted by atomic mass is 35.5. The summed E-state index contributed by atoms with van der Waals surface area (Å²) in [4.78, 5) is 18.2. The summed E-state index contributed by atoms with van der Waals surface area (Å²) in [5.74, 6) is 0.406. The van der Waals surface area contributed by atoms with Gasteiger partial charge in [-0.2, -0.15) is 0 Å². The van der Waals surface area contributed by atoms with Crippen molar-refractivity contribution in [3.63, 3.8) is 0 Å². The van der Waals surface area contributed by atoms with E-state index in [4.69, 9.17) is 5.73 Å². The normalized spacial score (nSPS) is 18.4. The molecule has 0 unspecified atom stereocenters. The van der Waals surface area contributed by atoms with Gasteiger partial charge in [0.2, 0.25) is 0 Å². The Labute approximate surface area is 124 Å². The molecule has 18 heavy (non-hydrogen) atoms. The lowest BCUT2D eigenvalue weighted by Gasteiger charge is -2.13. The fraction of sp³-hybridized carbons (Fsp3) is 0.636. The zero-order chi connectivity index (χ0) is 11.7. The number of nitrogens with two attached hydrogens (primary N) is 1. The van der Waals surface area contributed by atoms with Crippen LogP contribution in [0.4, 0.5) is 0 Å². The van der Waals surface area contributed by atoms with Gasteiger partial charge >= 0.3 is 0 Å². The first-order valence-electron chi connectivity index (χ1n) is 5.58. The number of hydrogen-bond acceptors (Lipinski definition) is 4. The molecule has 0 aliphatic carbocycles. The molecule has 2 rings (SSSR count). The number of amides is 1. The van der Waals surface area contributed by atoms with Crippen molar-refractivity contribution in [3.8, 4) is 0 Å². The second kappa shape index (κ2) is 7.28. The summed E-state index contributed by atoms with van der Waals surface area (Å²) in [6, 6.07) is 0.132. The van der Waals surface area contributed by atoms with Crippen molar-refractivity contribution in [3.05, 3.63) is 16.1 Å². The standard InChI is InChI=1S/C11H17N3OS.2ClH/c1-7(2)10-13-9(6-16-10)11(15)14-4-3-8(12)5-14;;/h6-8H,3-5,12H2,1-2H3;2*1H/t8-;;/m1../s1. The lowest BCUT2D eigenvalue weighted by Crippen LogP contribution is -2.32. The van der Waals surface area contributed by atoms with Gasteiger partial charge in [-0.3, -0.25) is 4.79 Å². The van der Waals surface area contributed by atoms with Crippen LogP contribution < -0.4 is 5.73 Å². The van der Waals surface area contributed by atoms with Gasteiger partial charge in [0, 0.05) is 30.4 Å². The van der Waals surface area contributed by atoms with E-state index in [0.29, 0.717) is 18.2 Å². The number of rotatable bonds is 2. The Morgan fingerprint density at radius 3 is 2.67 bits per heavy atom. The molecule has 1 atom stereocenters. The molecular weight excluding hydrogens is 293 g/mol. The maximum Gasteiger partial charge on any atom is 0.273 e. The van der Waals surface area contributed by atoms with Gasteiger partial charge in [-0.25, -0.2) is 4.98 Å². The summed E-state index contributed by atoms with van der Waals surface area (Å²) in [6.07, 6.45) is 0.896. The Bertz CT molecular complexity index is 397. The largest absolute Gasteiger partial charge is 0.336 e. The molecule has 2 N–H and O–H groups in total. The summed E-state index contributed by atoms with van der Waals surface area (Å²) in [6.45, 7) is 5.58. The highest BCUT2D eigenvalue weighted by Gasteiger charge is 2.26. The van der Waals surface area contributed by atoms with Crippen molar-refractivity contribution < 1.29 is 4.79 Å². The SMILES string of the molecule is CC(C)c1nc(C(=O)N2CC[C@@H](N)C2)cs1.Cl.Cl. The average Bonchev–Trinajstić information content (AvgIpc) is 2.84. The van der Waals surface area contributed by atoms with Crippen molar-refractivity contribution in [1.82, 2.24) is 9.88 Å². The molecular formula is C11H19Cl2N3OS. The predicted octanol–water partition coefficient (Wildman–Crippen LogP) is 2.28. The number of nitrogens with zero attached hydrogens (tertiary/aromatic N) is 2.